The Labute approximate surface area is 132 Å². The van der Waals surface area contributed by atoms with E-state index in [0.717, 1.165) is 29.3 Å². The molecule has 2 aliphatic rings. The molecule has 2 fully saturated rings. The highest BCUT2D eigenvalue weighted by atomic mass is 35.5. The molecule has 1 saturated heterocycles. The second-order valence-corrected chi connectivity index (χ2v) is 6.70. The maximum Gasteiger partial charge on any atom is 0.124 e. The Kier molecular flexibility index (Phi) is 4.72. The van der Waals surface area contributed by atoms with Gasteiger partial charge in [0.1, 0.15) is 12.4 Å². The van der Waals surface area contributed by atoms with Crippen LogP contribution >= 0.6 is 11.6 Å². The summed E-state index contributed by atoms with van der Waals surface area (Å²) in [6.45, 7) is 1.39. The first kappa shape index (κ1) is 15.1. The van der Waals surface area contributed by atoms with Crippen molar-refractivity contribution in [1.29, 1.82) is 0 Å². The summed E-state index contributed by atoms with van der Waals surface area (Å²) < 4.78 is 12.3. The third-order valence-corrected chi connectivity index (χ3v) is 4.90. The van der Waals surface area contributed by atoms with Gasteiger partial charge < -0.3 is 14.8 Å². The van der Waals surface area contributed by atoms with Gasteiger partial charge in [-0.05, 0) is 50.9 Å². The van der Waals surface area contributed by atoms with Crippen LogP contribution in [0.2, 0.25) is 5.02 Å². The molecule has 1 aromatic rings. The van der Waals surface area contributed by atoms with Crippen molar-refractivity contribution in [3.8, 4) is 5.75 Å². The number of ether oxygens (including phenoxy) is 2. The van der Waals surface area contributed by atoms with Gasteiger partial charge in [0.25, 0.3) is 0 Å². The second-order valence-electron chi connectivity index (χ2n) is 6.26. The first-order chi connectivity index (χ1) is 10.2. The van der Waals surface area contributed by atoms with E-state index in [0.29, 0.717) is 6.61 Å². The average Bonchev–Trinajstić information content (AvgIpc) is 3.09. The molecule has 3 rings (SSSR count). The van der Waals surface area contributed by atoms with Crippen LogP contribution in [0.3, 0.4) is 0 Å². The van der Waals surface area contributed by atoms with E-state index in [1.165, 1.54) is 32.1 Å². The van der Waals surface area contributed by atoms with Gasteiger partial charge in [0, 0.05) is 17.1 Å². The predicted octanol–water partition coefficient (Wildman–Crippen LogP) is 3.93. The largest absolute Gasteiger partial charge is 0.491 e. The van der Waals surface area contributed by atoms with Crippen LogP contribution in [0, 0.1) is 0 Å². The molecule has 1 saturated carbocycles. The SMILES string of the molecule is CNCc1cc(Cl)ccc1OCC1CCC2(CCCC2)O1. The summed E-state index contributed by atoms with van der Waals surface area (Å²) in [7, 11) is 1.93. The van der Waals surface area contributed by atoms with Gasteiger partial charge in [0.15, 0.2) is 0 Å². The molecule has 0 radical (unpaired) electrons. The van der Waals surface area contributed by atoms with Crippen LogP contribution in [-0.4, -0.2) is 25.4 Å². The first-order valence-corrected chi connectivity index (χ1v) is 8.32. The van der Waals surface area contributed by atoms with Crippen molar-refractivity contribution in [3.63, 3.8) is 0 Å². The Balaban J connectivity index is 1.58. The lowest BCUT2D eigenvalue weighted by atomic mass is 9.98. The van der Waals surface area contributed by atoms with Crippen molar-refractivity contribution in [3.05, 3.63) is 28.8 Å². The third-order valence-electron chi connectivity index (χ3n) is 4.67. The molecule has 4 heteroatoms. The molecule has 1 atom stereocenters. The molecule has 1 heterocycles. The number of halogens is 1. The highest BCUT2D eigenvalue weighted by Gasteiger charge is 2.42. The van der Waals surface area contributed by atoms with Crippen molar-refractivity contribution >= 4 is 11.6 Å². The predicted molar refractivity (Wildman–Crippen MR) is 85.0 cm³/mol. The molecule has 1 aromatic carbocycles. The van der Waals surface area contributed by atoms with Crippen molar-refractivity contribution in [2.75, 3.05) is 13.7 Å². The summed E-state index contributed by atoms with van der Waals surface area (Å²) in [6.07, 6.45) is 7.65. The van der Waals surface area contributed by atoms with Gasteiger partial charge in [-0.1, -0.05) is 24.4 Å². The Morgan fingerprint density at radius 2 is 2.14 bits per heavy atom. The third kappa shape index (κ3) is 3.53. The highest BCUT2D eigenvalue weighted by Crippen LogP contribution is 2.43. The zero-order chi connectivity index (χ0) is 14.7. The Bertz CT molecular complexity index is 486. The van der Waals surface area contributed by atoms with Gasteiger partial charge in [0.2, 0.25) is 0 Å². The number of benzene rings is 1. The Morgan fingerprint density at radius 1 is 1.33 bits per heavy atom. The van der Waals surface area contributed by atoms with E-state index < -0.39 is 0 Å². The van der Waals surface area contributed by atoms with Crippen LogP contribution in [0.1, 0.15) is 44.1 Å². The van der Waals surface area contributed by atoms with E-state index in [1.807, 2.05) is 25.2 Å². The van der Waals surface area contributed by atoms with Crippen molar-refractivity contribution in [1.82, 2.24) is 5.32 Å². The summed E-state index contributed by atoms with van der Waals surface area (Å²) in [5.41, 5.74) is 1.28. The molecular formula is C17H24ClNO2. The van der Waals surface area contributed by atoms with Crippen LogP contribution in [-0.2, 0) is 11.3 Å². The molecule has 1 aliphatic carbocycles. The molecule has 0 bridgehead atoms. The van der Waals surface area contributed by atoms with Crippen molar-refractivity contribution in [2.24, 2.45) is 0 Å². The molecule has 1 spiro atoms. The molecule has 116 valence electrons. The topological polar surface area (TPSA) is 30.5 Å². The summed E-state index contributed by atoms with van der Waals surface area (Å²) >= 11 is 6.05. The first-order valence-electron chi connectivity index (χ1n) is 7.94. The summed E-state index contributed by atoms with van der Waals surface area (Å²) in [4.78, 5) is 0. The smallest absolute Gasteiger partial charge is 0.124 e. The zero-order valence-corrected chi connectivity index (χ0v) is 13.4. The second kappa shape index (κ2) is 6.55. The molecule has 1 aliphatic heterocycles. The number of hydrogen-bond donors (Lipinski definition) is 1. The van der Waals surface area contributed by atoms with E-state index in [-0.39, 0.29) is 11.7 Å². The number of nitrogens with one attached hydrogen (secondary N) is 1. The van der Waals surface area contributed by atoms with Gasteiger partial charge in [-0.15, -0.1) is 0 Å². The lowest BCUT2D eigenvalue weighted by molar-refractivity contribution is -0.0509. The normalized spacial score (nSPS) is 23.8. The minimum atomic E-state index is 0.182. The van der Waals surface area contributed by atoms with Crippen molar-refractivity contribution < 1.29 is 9.47 Å². The fraction of sp³-hybridized carbons (Fsp3) is 0.647. The molecular weight excluding hydrogens is 286 g/mol. The maximum absolute atomic E-state index is 6.29. The van der Waals surface area contributed by atoms with Crippen LogP contribution in [0.5, 0.6) is 5.75 Å². The summed E-state index contributed by atoms with van der Waals surface area (Å²) in [5, 5.41) is 3.89. The van der Waals surface area contributed by atoms with Gasteiger partial charge in [-0.25, -0.2) is 0 Å². The average molecular weight is 310 g/mol. The quantitative estimate of drug-likeness (QED) is 0.894. The summed E-state index contributed by atoms with van der Waals surface area (Å²) in [6, 6.07) is 5.79. The van der Waals surface area contributed by atoms with Crippen LogP contribution in [0.4, 0.5) is 0 Å². The molecule has 1 N–H and O–H groups in total. The minimum absolute atomic E-state index is 0.182. The molecule has 0 aromatic heterocycles. The van der Waals surface area contributed by atoms with Gasteiger partial charge in [-0.2, -0.15) is 0 Å². The fourth-order valence-corrected chi connectivity index (χ4v) is 3.79. The van der Waals surface area contributed by atoms with E-state index in [9.17, 15) is 0 Å². The van der Waals surface area contributed by atoms with E-state index in [2.05, 4.69) is 5.32 Å². The molecule has 1 unspecified atom stereocenters. The maximum atomic E-state index is 6.29. The summed E-state index contributed by atoms with van der Waals surface area (Å²) in [5.74, 6) is 0.907. The number of hydrogen-bond acceptors (Lipinski definition) is 3. The van der Waals surface area contributed by atoms with Gasteiger partial charge in [0.05, 0.1) is 11.7 Å². The lowest BCUT2D eigenvalue weighted by Gasteiger charge is -2.24. The molecule has 21 heavy (non-hydrogen) atoms. The highest BCUT2D eigenvalue weighted by molar-refractivity contribution is 6.30. The van der Waals surface area contributed by atoms with Crippen molar-refractivity contribution in [2.45, 2.75) is 56.8 Å². The van der Waals surface area contributed by atoms with Crippen LogP contribution < -0.4 is 10.1 Å². The van der Waals surface area contributed by atoms with E-state index >= 15 is 0 Å². The Morgan fingerprint density at radius 3 is 2.90 bits per heavy atom. The monoisotopic (exact) mass is 309 g/mol. The Hall–Kier alpha value is -0.770. The van der Waals surface area contributed by atoms with Gasteiger partial charge >= 0.3 is 0 Å². The fourth-order valence-electron chi connectivity index (χ4n) is 3.60. The minimum Gasteiger partial charge on any atom is -0.491 e. The zero-order valence-electron chi connectivity index (χ0n) is 12.7. The number of rotatable bonds is 5. The van der Waals surface area contributed by atoms with E-state index in [1.54, 1.807) is 0 Å². The van der Waals surface area contributed by atoms with Crippen LogP contribution in [0.25, 0.3) is 0 Å². The van der Waals surface area contributed by atoms with E-state index in [4.69, 9.17) is 21.1 Å². The molecule has 0 amide bonds. The van der Waals surface area contributed by atoms with Gasteiger partial charge in [-0.3, -0.25) is 0 Å². The van der Waals surface area contributed by atoms with Crippen LogP contribution in [0.15, 0.2) is 18.2 Å². The lowest BCUT2D eigenvalue weighted by Crippen LogP contribution is -2.27. The molecule has 3 nitrogen and oxygen atoms in total. The standard InChI is InChI=1S/C17H24ClNO2/c1-19-11-13-10-14(18)4-5-16(13)20-12-15-6-9-17(21-15)7-2-3-8-17/h4-5,10,15,19H,2-3,6-9,11-12H2,1H3.